The van der Waals surface area contributed by atoms with Gasteiger partial charge < -0.3 is 9.15 Å². The summed E-state index contributed by atoms with van der Waals surface area (Å²) in [5, 5.41) is 0. The van der Waals surface area contributed by atoms with E-state index in [9.17, 15) is 9.59 Å². The van der Waals surface area contributed by atoms with Gasteiger partial charge in [0.05, 0.1) is 6.26 Å². The van der Waals surface area contributed by atoms with Crippen LogP contribution in [0.5, 0.6) is 5.75 Å². The van der Waals surface area contributed by atoms with Crippen LogP contribution >= 0.6 is 0 Å². The molecule has 1 heterocycles. The Morgan fingerprint density at radius 1 is 1.19 bits per heavy atom. The third kappa shape index (κ3) is 2.17. The maximum atomic E-state index is 11.4. The Labute approximate surface area is 91.4 Å². The molecule has 0 aliphatic heterocycles. The van der Waals surface area contributed by atoms with Crippen LogP contribution in [-0.2, 0) is 0 Å². The van der Waals surface area contributed by atoms with Gasteiger partial charge in [-0.25, -0.2) is 4.79 Å². The number of hydrogen-bond donors (Lipinski definition) is 0. The summed E-state index contributed by atoms with van der Waals surface area (Å²) in [5.41, 5.74) is 0.526. The van der Waals surface area contributed by atoms with Gasteiger partial charge in [0, 0.05) is 5.56 Å². The molecule has 0 N–H and O–H groups in total. The fraction of sp³-hybridized carbons (Fsp3) is 0. The molecule has 0 unspecified atom stereocenters. The number of hydrogen-bond acceptors (Lipinski definition) is 4. The summed E-state index contributed by atoms with van der Waals surface area (Å²) in [4.78, 5) is 21.8. The normalized spacial score (nSPS) is 9.75. The van der Waals surface area contributed by atoms with Crippen molar-refractivity contribution < 1.29 is 18.7 Å². The highest BCUT2D eigenvalue weighted by Crippen LogP contribution is 2.13. The number of furan rings is 1. The van der Waals surface area contributed by atoms with Gasteiger partial charge in [0.1, 0.15) is 12.0 Å². The minimum atomic E-state index is -0.566. The molecule has 1 aromatic heterocycles. The highest BCUT2D eigenvalue weighted by Gasteiger charge is 2.10. The van der Waals surface area contributed by atoms with Crippen LogP contribution in [0.25, 0.3) is 0 Å². The zero-order valence-corrected chi connectivity index (χ0v) is 8.25. The second kappa shape index (κ2) is 4.44. The van der Waals surface area contributed by atoms with Gasteiger partial charge in [0.25, 0.3) is 0 Å². The summed E-state index contributed by atoms with van der Waals surface area (Å²) in [6, 6.07) is 9.35. The Morgan fingerprint density at radius 2 is 1.94 bits per heavy atom. The van der Waals surface area contributed by atoms with E-state index in [1.807, 2.05) is 0 Å². The fourth-order valence-electron chi connectivity index (χ4n) is 1.17. The Morgan fingerprint density at radius 3 is 2.50 bits per heavy atom. The first-order valence-corrected chi connectivity index (χ1v) is 4.60. The lowest BCUT2D eigenvalue weighted by Crippen LogP contribution is -2.06. The monoisotopic (exact) mass is 216 g/mol. The van der Waals surface area contributed by atoms with E-state index >= 15 is 0 Å². The molecule has 4 heteroatoms. The zero-order valence-electron chi connectivity index (χ0n) is 8.25. The number of aldehydes is 1. The van der Waals surface area contributed by atoms with Gasteiger partial charge in [0.15, 0.2) is 0 Å². The molecule has 1 aromatic carbocycles. The molecule has 0 fully saturated rings. The van der Waals surface area contributed by atoms with Crippen molar-refractivity contribution in [2.75, 3.05) is 0 Å². The van der Waals surface area contributed by atoms with Gasteiger partial charge in [-0.3, -0.25) is 4.79 Å². The summed E-state index contributed by atoms with van der Waals surface area (Å²) in [7, 11) is 0. The molecule has 0 saturated carbocycles. The number of rotatable bonds is 3. The molecule has 16 heavy (non-hydrogen) atoms. The first-order valence-electron chi connectivity index (χ1n) is 4.60. The molecule has 2 aromatic rings. The van der Waals surface area contributed by atoms with Crippen molar-refractivity contribution in [3.63, 3.8) is 0 Å². The molecule has 0 radical (unpaired) electrons. The maximum absolute atomic E-state index is 11.4. The molecule has 0 atom stereocenters. The average molecular weight is 216 g/mol. The minimum absolute atomic E-state index is 0.138. The van der Waals surface area contributed by atoms with Crippen LogP contribution in [0.1, 0.15) is 20.9 Å². The van der Waals surface area contributed by atoms with Gasteiger partial charge in [0.2, 0.25) is 5.76 Å². The topological polar surface area (TPSA) is 56.5 Å². The number of ether oxygens (including phenoxy) is 1. The summed E-state index contributed by atoms with van der Waals surface area (Å²) in [6.07, 6.45) is 2.12. The average Bonchev–Trinajstić information content (AvgIpc) is 2.83. The van der Waals surface area contributed by atoms with Crippen molar-refractivity contribution in [2.24, 2.45) is 0 Å². The summed E-state index contributed by atoms with van der Waals surface area (Å²) in [5.74, 6) is -0.0599. The van der Waals surface area contributed by atoms with Crippen molar-refractivity contribution in [3.8, 4) is 5.75 Å². The second-order valence-corrected chi connectivity index (χ2v) is 3.05. The maximum Gasteiger partial charge on any atom is 0.379 e. The van der Waals surface area contributed by atoms with Gasteiger partial charge in [-0.1, -0.05) is 0 Å². The number of benzene rings is 1. The Kier molecular flexibility index (Phi) is 2.82. The van der Waals surface area contributed by atoms with Crippen LogP contribution in [0.2, 0.25) is 0 Å². The van der Waals surface area contributed by atoms with Gasteiger partial charge in [-0.2, -0.15) is 0 Å². The number of carbonyl (C=O) groups is 2. The van der Waals surface area contributed by atoms with Crippen molar-refractivity contribution in [2.45, 2.75) is 0 Å². The molecule has 0 bridgehead atoms. The Bertz CT molecular complexity index is 482. The molecule has 0 aliphatic rings. The second-order valence-electron chi connectivity index (χ2n) is 3.05. The van der Waals surface area contributed by atoms with Gasteiger partial charge in [-0.05, 0) is 36.4 Å². The SMILES string of the molecule is O=Cc1ccc(OC(=O)c2ccco2)cc1. The Balaban J connectivity index is 2.09. The summed E-state index contributed by atoms with van der Waals surface area (Å²) < 4.78 is 9.89. The lowest BCUT2D eigenvalue weighted by atomic mass is 10.2. The third-order valence-corrected chi connectivity index (χ3v) is 1.95. The predicted octanol–water partition coefficient (Wildman–Crippen LogP) is 2.31. The molecular formula is C12H8O4. The van der Waals surface area contributed by atoms with Crippen LogP contribution in [0.3, 0.4) is 0 Å². The minimum Gasteiger partial charge on any atom is -0.457 e. The summed E-state index contributed by atoms with van der Waals surface area (Å²) >= 11 is 0. The first-order chi connectivity index (χ1) is 7.79. The molecular weight excluding hydrogens is 208 g/mol. The van der Waals surface area contributed by atoms with E-state index in [2.05, 4.69) is 0 Å². The fourth-order valence-corrected chi connectivity index (χ4v) is 1.17. The quantitative estimate of drug-likeness (QED) is 0.448. The van der Waals surface area contributed by atoms with Crippen molar-refractivity contribution >= 4 is 12.3 Å². The van der Waals surface area contributed by atoms with E-state index in [-0.39, 0.29) is 5.76 Å². The summed E-state index contributed by atoms with van der Waals surface area (Å²) in [6.45, 7) is 0. The van der Waals surface area contributed by atoms with Crippen LogP contribution in [0.15, 0.2) is 47.1 Å². The van der Waals surface area contributed by atoms with Gasteiger partial charge in [-0.15, -0.1) is 0 Å². The van der Waals surface area contributed by atoms with E-state index in [0.29, 0.717) is 11.3 Å². The first kappa shape index (κ1) is 10.2. The molecule has 0 spiro atoms. The lowest BCUT2D eigenvalue weighted by molar-refractivity contribution is 0.0701. The molecule has 0 amide bonds. The highest BCUT2D eigenvalue weighted by atomic mass is 16.5. The number of carbonyl (C=O) groups excluding carboxylic acids is 2. The standard InChI is InChI=1S/C12H8O4/c13-8-9-3-5-10(6-4-9)16-12(14)11-2-1-7-15-11/h1-8H. The van der Waals surface area contributed by atoms with E-state index in [1.165, 1.54) is 12.3 Å². The van der Waals surface area contributed by atoms with Crippen LogP contribution in [-0.4, -0.2) is 12.3 Å². The molecule has 4 nitrogen and oxygen atoms in total. The lowest BCUT2D eigenvalue weighted by Gasteiger charge is -2.01. The van der Waals surface area contributed by atoms with E-state index in [1.54, 1.807) is 30.3 Å². The highest BCUT2D eigenvalue weighted by molar-refractivity contribution is 5.88. The molecule has 0 saturated heterocycles. The van der Waals surface area contributed by atoms with Gasteiger partial charge >= 0.3 is 5.97 Å². The van der Waals surface area contributed by atoms with E-state index in [4.69, 9.17) is 9.15 Å². The van der Waals surface area contributed by atoms with Crippen molar-refractivity contribution in [3.05, 3.63) is 54.0 Å². The smallest absolute Gasteiger partial charge is 0.379 e. The molecule has 80 valence electrons. The Hall–Kier alpha value is -2.36. The molecule has 0 aliphatic carbocycles. The zero-order chi connectivity index (χ0) is 11.4. The van der Waals surface area contributed by atoms with Crippen LogP contribution < -0.4 is 4.74 Å². The van der Waals surface area contributed by atoms with E-state index < -0.39 is 5.97 Å². The predicted molar refractivity (Wildman–Crippen MR) is 55.5 cm³/mol. The van der Waals surface area contributed by atoms with Crippen molar-refractivity contribution in [1.29, 1.82) is 0 Å². The van der Waals surface area contributed by atoms with Crippen LogP contribution in [0.4, 0.5) is 0 Å². The number of esters is 1. The third-order valence-electron chi connectivity index (χ3n) is 1.95. The largest absolute Gasteiger partial charge is 0.457 e. The van der Waals surface area contributed by atoms with E-state index in [0.717, 1.165) is 6.29 Å². The molecule has 2 rings (SSSR count). The van der Waals surface area contributed by atoms with Crippen molar-refractivity contribution in [1.82, 2.24) is 0 Å². The van der Waals surface area contributed by atoms with Crippen LogP contribution in [0, 0.1) is 0 Å².